The smallest absolute Gasteiger partial charge is 0.243 e. The second-order valence-electron chi connectivity index (χ2n) is 6.05. The molecule has 1 saturated heterocycles. The molecule has 3 atom stereocenters. The fourth-order valence-electron chi connectivity index (χ4n) is 3.65. The Bertz CT molecular complexity index is 663. The van der Waals surface area contributed by atoms with Crippen molar-refractivity contribution in [1.29, 1.82) is 0 Å². The van der Waals surface area contributed by atoms with Gasteiger partial charge < -0.3 is 5.32 Å². The lowest BCUT2D eigenvalue weighted by molar-refractivity contribution is -0.117. The van der Waals surface area contributed by atoms with Crippen molar-refractivity contribution in [3.8, 4) is 0 Å². The molecule has 2 N–H and O–H groups in total. The first-order chi connectivity index (χ1) is 10.3. The zero-order chi connectivity index (χ0) is 14.2. The van der Waals surface area contributed by atoms with Gasteiger partial charge in [-0.15, -0.1) is 35.0 Å². The van der Waals surface area contributed by atoms with Gasteiger partial charge in [0.15, 0.2) is 5.65 Å². The van der Waals surface area contributed by atoms with Gasteiger partial charge in [-0.25, -0.2) is 0 Å². The number of hydrogen-bond donors (Lipinski definition) is 2. The predicted octanol–water partition coefficient (Wildman–Crippen LogP) is 2.43. The van der Waals surface area contributed by atoms with Gasteiger partial charge in [-0.2, -0.15) is 0 Å². The molecular formula is C15H21Cl2N5O. The number of rotatable bonds is 2. The highest BCUT2D eigenvalue weighted by Crippen LogP contribution is 2.33. The average molecular weight is 358 g/mol. The number of nitrogens with one attached hydrogen (secondary N) is 2. The summed E-state index contributed by atoms with van der Waals surface area (Å²) in [6.07, 6.45) is 7.81. The van der Waals surface area contributed by atoms with Gasteiger partial charge >= 0.3 is 0 Å². The number of halogens is 2. The minimum absolute atomic E-state index is 0. The molecule has 1 amide bonds. The molecule has 3 heterocycles. The number of aromatic nitrogens is 3. The van der Waals surface area contributed by atoms with Crippen molar-refractivity contribution in [2.24, 2.45) is 5.92 Å². The third kappa shape index (κ3) is 3.44. The van der Waals surface area contributed by atoms with Gasteiger partial charge in [0.1, 0.15) is 0 Å². The minimum Gasteiger partial charge on any atom is -0.303 e. The molecule has 6 nitrogen and oxygen atoms in total. The fraction of sp³-hybridized carbons (Fsp3) is 0.533. The normalized spacial score (nSPS) is 26.0. The third-order valence-electron chi connectivity index (χ3n) is 4.73. The number of hydrogen-bond acceptors (Lipinski definition) is 4. The number of amides is 1. The summed E-state index contributed by atoms with van der Waals surface area (Å²) in [5.74, 6) is 1.15. The Balaban J connectivity index is 0.000000960. The van der Waals surface area contributed by atoms with Gasteiger partial charge in [-0.05, 0) is 37.3 Å². The van der Waals surface area contributed by atoms with Crippen LogP contribution in [0.25, 0.3) is 5.65 Å². The van der Waals surface area contributed by atoms with Crippen LogP contribution < -0.4 is 10.6 Å². The zero-order valence-electron chi connectivity index (χ0n) is 12.6. The molecule has 2 fully saturated rings. The highest BCUT2D eigenvalue weighted by Gasteiger charge is 2.38. The van der Waals surface area contributed by atoms with E-state index in [4.69, 9.17) is 0 Å². The lowest BCUT2D eigenvalue weighted by Crippen LogP contribution is -2.40. The Morgan fingerprint density at radius 1 is 1.22 bits per heavy atom. The quantitative estimate of drug-likeness (QED) is 0.865. The molecule has 0 bridgehead atoms. The van der Waals surface area contributed by atoms with E-state index in [1.807, 2.05) is 24.4 Å². The van der Waals surface area contributed by atoms with Gasteiger partial charge in [-0.3, -0.25) is 14.5 Å². The predicted molar refractivity (Wildman–Crippen MR) is 93.4 cm³/mol. The number of carbonyl (C=O) groups excluding carboxylic acids is 1. The van der Waals surface area contributed by atoms with E-state index in [9.17, 15) is 4.79 Å². The van der Waals surface area contributed by atoms with E-state index >= 15 is 0 Å². The topological polar surface area (TPSA) is 71.3 Å². The Kier molecular flexibility index (Phi) is 5.84. The highest BCUT2D eigenvalue weighted by atomic mass is 35.5. The van der Waals surface area contributed by atoms with Crippen LogP contribution in [0.15, 0.2) is 24.4 Å². The second-order valence-corrected chi connectivity index (χ2v) is 6.05. The van der Waals surface area contributed by atoms with Crippen LogP contribution in [-0.4, -0.2) is 32.6 Å². The molecular weight excluding hydrogens is 337 g/mol. The van der Waals surface area contributed by atoms with Gasteiger partial charge in [0, 0.05) is 12.2 Å². The van der Waals surface area contributed by atoms with E-state index in [2.05, 4.69) is 20.8 Å². The van der Waals surface area contributed by atoms with E-state index in [1.54, 1.807) is 4.40 Å². The van der Waals surface area contributed by atoms with E-state index in [0.29, 0.717) is 17.9 Å². The molecule has 126 valence electrons. The van der Waals surface area contributed by atoms with Crippen LogP contribution in [0.2, 0.25) is 0 Å². The van der Waals surface area contributed by atoms with Crippen molar-refractivity contribution < 1.29 is 4.79 Å². The summed E-state index contributed by atoms with van der Waals surface area (Å²) in [5, 5.41) is 14.5. The van der Waals surface area contributed by atoms with Crippen molar-refractivity contribution >= 4 is 42.3 Å². The van der Waals surface area contributed by atoms with Crippen LogP contribution in [-0.2, 0) is 4.79 Å². The lowest BCUT2D eigenvalue weighted by atomic mass is 9.85. The van der Waals surface area contributed by atoms with E-state index in [-0.39, 0.29) is 36.8 Å². The summed E-state index contributed by atoms with van der Waals surface area (Å²) in [5.41, 5.74) is 0.737. The monoisotopic (exact) mass is 357 g/mol. The van der Waals surface area contributed by atoms with Crippen molar-refractivity contribution in [2.75, 3.05) is 5.32 Å². The molecule has 2 aromatic rings. The van der Waals surface area contributed by atoms with Crippen LogP contribution in [0.4, 0.5) is 5.95 Å². The van der Waals surface area contributed by atoms with Crippen molar-refractivity contribution in [3.63, 3.8) is 0 Å². The number of anilines is 1. The largest absolute Gasteiger partial charge is 0.303 e. The van der Waals surface area contributed by atoms with E-state index < -0.39 is 0 Å². The van der Waals surface area contributed by atoms with Crippen LogP contribution in [0.5, 0.6) is 0 Å². The molecule has 0 aromatic carbocycles. The van der Waals surface area contributed by atoms with Gasteiger partial charge in [-0.1, -0.05) is 18.9 Å². The molecule has 8 heteroatoms. The number of pyridine rings is 1. The molecule has 1 saturated carbocycles. The Morgan fingerprint density at radius 3 is 2.87 bits per heavy atom. The van der Waals surface area contributed by atoms with Gasteiger partial charge in [0.25, 0.3) is 0 Å². The minimum atomic E-state index is -0.103. The summed E-state index contributed by atoms with van der Waals surface area (Å²) in [6, 6.07) is 6.08. The molecule has 3 unspecified atom stereocenters. The van der Waals surface area contributed by atoms with Crippen molar-refractivity contribution in [2.45, 2.75) is 44.2 Å². The average Bonchev–Trinajstić information content (AvgIpc) is 3.11. The Morgan fingerprint density at radius 2 is 2.04 bits per heavy atom. The SMILES string of the molecule is Cl.Cl.O=C(Nc1nnc2ccccn12)C1CC2CCCCC2N1. The maximum Gasteiger partial charge on any atom is 0.243 e. The summed E-state index contributed by atoms with van der Waals surface area (Å²) >= 11 is 0. The zero-order valence-corrected chi connectivity index (χ0v) is 14.3. The summed E-state index contributed by atoms with van der Waals surface area (Å²) in [7, 11) is 0. The van der Waals surface area contributed by atoms with Crippen LogP contribution in [0.3, 0.4) is 0 Å². The molecule has 0 radical (unpaired) electrons. The first-order valence-corrected chi connectivity index (χ1v) is 7.68. The second kappa shape index (κ2) is 7.47. The summed E-state index contributed by atoms with van der Waals surface area (Å²) in [6.45, 7) is 0. The maximum absolute atomic E-state index is 12.4. The van der Waals surface area contributed by atoms with Crippen LogP contribution in [0.1, 0.15) is 32.1 Å². The maximum atomic E-state index is 12.4. The van der Waals surface area contributed by atoms with Gasteiger partial charge in [0.05, 0.1) is 6.04 Å². The third-order valence-corrected chi connectivity index (χ3v) is 4.73. The first kappa shape index (κ1) is 18.0. The van der Waals surface area contributed by atoms with E-state index in [0.717, 1.165) is 12.1 Å². The molecule has 23 heavy (non-hydrogen) atoms. The van der Waals surface area contributed by atoms with Gasteiger partial charge in [0.2, 0.25) is 11.9 Å². The molecule has 2 aromatic heterocycles. The lowest BCUT2D eigenvalue weighted by Gasteiger charge is -2.24. The summed E-state index contributed by atoms with van der Waals surface area (Å²) in [4.78, 5) is 12.4. The Labute approximate surface area is 147 Å². The summed E-state index contributed by atoms with van der Waals surface area (Å²) < 4.78 is 1.79. The molecule has 0 spiro atoms. The number of nitrogens with zero attached hydrogens (tertiary/aromatic N) is 3. The van der Waals surface area contributed by atoms with Crippen molar-refractivity contribution in [1.82, 2.24) is 19.9 Å². The van der Waals surface area contributed by atoms with Crippen molar-refractivity contribution in [3.05, 3.63) is 24.4 Å². The van der Waals surface area contributed by atoms with Crippen LogP contribution >= 0.6 is 24.8 Å². The molecule has 1 aliphatic heterocycles. The molecule has 1 aliphatic carbocycles. The molecule has 4 rings (SSSR count). The van der Waals surface area contributed by atoms with E-state index in [1.165, 1.54) is 25.7 Å². The fourth-order valence-corrected chi connectivity index (χ4v) is 3.65. The van der Waals surface area contributed by atoms with Crippen LogP contribution in [0, 0.1) is 5.92 Å². The first-order valence-electron chi connectivity index (χ1n) is 7.68. The standard InChI is InChI=1S/C15H19N5O.2ClH/c21-14(12-9-10-5-1-2-6-11(10)16-12)17-15-19-18-13-7-3-4-8-20(13)15;;/h3-4,7-8,10-12,16H,1-2,5-6,9H2,(H,17,19,21);2*1H. The number of fused-ring (bicyclic) bond motifs is 2. The highest BCUT2D eigenvalue weighted by molar-refractivity contribution is 5.94. The Hall–Kier alpha value is -1.37. The molecule has 2 aliphatic rings. The number of carbonyl (C=O) groups is 1.